The smallest absolute Gasteiger partial charge is 0.0998 e. The first-order valence-electron chi connectivity index (χ1n) is 15.0. The lowest BCUT2D eigenvalue weighted by molar-refractivity contribution is 1.15. The summed E-state index contributed by atoms with van der Waals surface area (Å²) in [6, 6.07) is 37.4. The predicted molar refractivity (Wildman–Crippen MR) is 183 cm³/mol. The largest absolute Gasteiger partial charge is 0.308 e. The molecule has 0 aliphatic carbocycles. The zero-order valence-corrected chi connectivity index (χ0v) is 25.7. The maximum absolute atomic E-state index is 10.2. The highest BCUT2D eigenvalue weighted by molar-refractivity contribution is 6.17. The minimum absolute atomic E-state index is 0.655. The van der Waals surface area contributed by atoms with Crippen molar-refractivity contribution in [1.82, 2.24) is 9.55 Å². The molecule has 0 fully saturated rings. The van der Waals surface area contributed by atoms with E-state index in [-0.39, 0.29) is 0 Å². The van der Waals surface area contributed by atoms with Gasteiger partial charge in [-0.25, -0.2) is 0 Å². The number of rotatable bonds is 4. The van der Waals surface area contributed by atoms with Crippen molar-refractivity contribution in [3.63, 3.8) is 0 Å². The summed E-state index contributed by atoms with van der Waals surface area (Å²) in [5, 5.41) is 12.6. The zero-order chi connectivity index (χ0) is 30.5. The van der Waals surface area contributed by atoms with Crippen LogP contribution in [0.15, 0.2) is 109 Å². The Balaban J connectivity index is 1.69. The van der Waals surface area contributed by atoms with Gasteiger partial charge in [-0.15, -0.1) is 0 Å². The number of pyridine rings is 1. The monoisotopic (exact) mass is 567 g/mol. The van der Waals surface area contributed by atoms with Gasteiger partial charge < -0.3 is 4.57 Å². The first kappa shape index (κ1) is 27.4. The molecule has 0 aliphatic rings. The maximum atomic E-state index is 10.2. The summed E-state index contributed by atoms with van der Waals surface area (Å²) < 4.78 is 2.45. The molecule has 0 saturated carbocycles. The van der Waals surface area contributed by atoms with Crippen molar-refractivity contribution in [2.24, 2.45) is 0 Å². The highest BCUT2D eigenvalue weighted by atomic mass is 15.0. The Kier molecular flexibility index (Phi) is 6.64. The van der Waals surface area contributed by atoms with E-state index in [1.54, 1.807) is 12.4 Å². The molecule has 0 spiro atoms. The summed E-state index contributed by atoms with van der Waals surface area (Å²) >= 11 is 0. The van der Waals surface area contributed by atoms with E-state index in [9.17, 15) is 5.26 Å². The number of nitrogens with zero attached hydrogens (tertiary/aromatic N) is 3. The van der Waals surface area contributed by atoms with E-state index < -0.39 is 0 Å². The number of aromatic nitrogens is 2. The SMILES string of the molecule is Cc1ccc(-c2cccc3c4cccc(-c5ccc(C)cc5C)c4n(-c4cc(-c5ccncc5)c(C#N)cc4C)c23)c(C)c1. The Morgan fingerprint density at radius 1 is 0.545 bits per heavy atom. The van der Waals surface area contributed by atoms with Crippen molar-refractivity contribution in [3.05, 3.63) is 143 Å². The van der Waals surface area contributed by atoms with Gasteiger partial charge in [0.2, 0.25) is 0 Å². The molecule has 0 atom stereocenters. The van der Waals surface area contributed by atoms with Crippen LogP contribution in [-0.4, -0.2) is 9.55 Å². The Morgan fingerprint density at radius 3 is 1.59 bits per heavy atom. The maximum Gasteiger partial charge on any atom is 0.0998 e. The Bertz CT molecular complexity index is 2170. The zero-order valence-electron chi connectivity index (χ0n) is 25.7. The van der Waals surface area contributed by atoms with Crippen LogP contribution in [0.5, 0.6) is 0 Å². The molecule has 7 aromatic rings. The standard InChI is InChI=1S/C41H33N3/c1-25-12-14-32(27(3)20-25)34-8-6-10-36-37-11-7-9-35(33-15-13-26(2)21-28(33)4)41(37)44(40(34)36)39-23-38(30-16-18-43-19-17-30)31(24-42)22-29(39)5/h6-23H,1-5H3. The third-order valence-corrected chi connectivity index (χ3v) is 8.84. The third kappa shape index (κ3) is 4.39. The molecule has 212 valence electrons. The van der Waals surface area contributed by atoms with Gasteiger partial charge >= 0.3 is 0 Å². The average Bonchev–Trinajstić information content (AvgIpc) is 3.36. The number of hydrogen-bond donors (Lipinski definition) is 0. The van der Waals surface area contributed by atoms with Crippen LogP contribution >= 0.6 is 0 Å². The van der Waals surface area contributed by atoms with Crippen molar-refractivity contribution in [1.29, 1.82) is 5.26 Å². The van der Waals surface area contributed by atoms with Gasteiger partial charge in [0.15, 0.2) is 0 Å². The van der Waals surface area contributed by atoms with Crippen LogP contribution < -0.4 is 0 Å². The molecule has 7 rings (SSSR count). The Hall–Kier alpha value is -5.46. The van der Waals surface area contributed by atoms with Crippen LogP contribution in [-0.2, 0) is 0 Å². The molecule has 0 N–H and O–H groups in total. The Labute approximate surface area is 258 Å². The van der Waals surface area contributed by atoms with Gasteiger partial charge in [0.25, 0.3) is 0 Å². The molecule has 0 bridgehead atoms. The van der Waals surface area contributed by atoms with E-state index in [0.717, 1.165) is 22.4 Å². The van der Waals surface area contributed by atoms with E-state index in [1.165, 1.54) is 66.3 Å². The fourth-order valence-corrected chi connectivity index (χ4v) is 6.82. The lowest BCUT2D eigenvalue weighted by atomic mass is 9.95. The van der Waals surface area contributed by atoms with Crippen LogP contribution in [0, 0.1) is 45.9 Å². The molecule has 5 aromatic carbocycles. The molecule has 0 amide bonds. The second-order valence-corrected chi connectivity index (χ2v) is 11.9. The number of aryl methyl sites for hydroxylation is 5. The minimum Gasteiger partial charge on any atom is -0.308 e. The molecular weight excluding hydrogens is 534 g/mol. The molecule has 0 aliphatic heterocycles. The molecule has 3 nitrogen and oxygen atoms in total. The van der Waals surface area contributed by atoms with Crippen molar-refractivity contribution in [2.75, 3.05) is 0 Å². The molecular formula is C41H33N3. The number of fused-ring (bicyclic) bond motifs is 3. The van der Waals surface area contributed by atoms with Gasteiger partial charge in [0.05, 0.1) is 22.7 Å². The normalized spacial score (nSPS) is 11.3. The van der Waals surface area contributed by atoms with Gasteiger partial charge in [-0.3, -0.25) is 4.98 Å². The third-order valence-electron chi connectivity index (χ3n) is 8.84. The molecule has 0 radical (unpaired) electrons. The first-order chi connectivity index (χ1) is 21.4. The molecule has 3 heteroatoms. The molecule has 0 saturated heterocycles. The summed E-state index contributed by atoms with van der Waals surface area (Å²) in [7, 11) is 0. The van der Waals surface area contributed by atoms with Crippen molar-refractivity contribution >= 4 is 21.8 Å². The van der Waals surface area contributed by atoms with E-state index in [0.29, 0.717) is 5.56 Å². The van der Waals surface area contributed by atoms with Crippen LogP contribution in [0.1, 0.15) is 33.4 Å². The van der Waals surface area contributed by atoms with Crippen LogP contribution in [0.2, 0.25) is 0 Å². The fraction of sp³-hybridized carbons (Fsp3) is 0.122. The van der Waals surface area contributed by atoms with Gasteiger partial charge in [0, 0.05) is 45.5 Å². The van der Waals surface area contributed by atoms with E-state index in [2.05, 4.69) is 129 Å². The summed E-state index contributed by atoms with van der Waals surface area (Å²) in [4.78, 5) is 4.23. The summed E-state index contributed by atoms with van der Waals surface area (Å²) in [5.74, 6) is 0. The molecule has 44 heavy (non-hydrogen) atoms. The topological polar surface area (TPSA) is 41.6 Å². The number of benzene rings is 5. The van der Waals surface area contributed by atoms with Gasteiger partial charge in [-0.2, -0.15) is 5.26 Å². The Morgan fingerprint density at radius 2 is 1.09 bits per heavy atom. The average molecular weight is 568 g/mol. The lowest BCUT2D eigenvalue weighted by Gasteiger charge is -2.19. The van der Waals surface area contributed by atoms with Gasteiger partial charge in [-0.05, 0) is 92.3 Å². The first-order valence-corrected chi connectivity index (χ1v) is 15.0. The van der Waals surface area contributed by atoms with E-state index >= 15 is 0 Å². The van der Waals surface area contributed by atoms with E-state index in [1.807, 2.05) is 18.2 Å². The fourth-order valence-electron chi connectivity index (χ4n) is 6.82. The van der Waals surface area contributed by atoms with Crippen LogP contribution in [0.25, 0.3) is 60.9 Å². The van der Waals surface area contributed by atoms with Crippen LogP contribution in [0.3, 0.4) is 0 Å². The lowest BCUT2D eigenvalue weighted by Crippen LogP contribution is -2.02. The van der Waals surface area contributed by atoms with Gasteiger partial charge in [-0.1, -0.05) is 83.9 Å². The molecule has 0 unspecified atom stereocenters. The molecule has 2 aromatic heterocycles. The van der Waals surface area contributed by atoms with Crippen molar-refractivity contribution < 1.29 is 0 Å². The quantitative estimate of drug-likeness (QED) is 0.212. The highest BCUT2D eigenvalue weighted by Gasteiger charge is 2.22. The van der Waals surface area contributed by atoms with Gasteiger partial charge in [0.1, 0.15) is 0 Å². The number of hydrogen-bond acceptors (Lipinski definition) is 2. The van der Waals surface area contributed by atoms with Crippen molar-refractivity contribution in [3.8, 4) is 45.1 Å². The predicted octanol–water partition coefficient (Wildman–Crippen LogP) is 10.6. The van der Waals surface area contributed by atoms with Crippen molar-refractivity contribution in [2.45, 2.75) is 34.6 Å². The number of para-hydroxylation sites is 2. The molecule has 2 heterocycles. The number of nitriles is 1. The highest BCUT2D eigenvalue weighted by Crippen LogP contribution is 2.44. The summed E-state index contributed by atoms with van der Waals surface area (Å²) in [6.07, 6.45) is 3.57. The summed E-state index contributed by atoms with van der Waals surface area (Å²) in [6.45, 7) is 10.8. The minimum atomic E-state index is 0.655. The second kappa shape index (κ2) is 10.7. The second-order valence-electron chi connectivity index (χ2n) is 11.9. The van der Waals surface area contributed by atoms with E-state index in [4.69, 9.17) is 0 Å². The summed E-state index contributed by atoms with van der Waals surface area (Å²) in [5.41, 5.74) is 16.8. The van der Waals surface area contributed by atoms with Crippen LogP contribution in [0.4, 0.5) is 0 Å².